The van der Waals surface area contributed by atoms with Gasteiger partial charge < -0.3 is 0 Å². The van der Waals surface area contributed by atoms with Crippen LogP contribution in [0.1, 0.15) is 0 Å². The molecule has 0 saturated carbocycles. The topological polar surface area (TPSA) is 118 Å². The number of amides is 3. The van der Waals surface area contributed by atoms with E-state index in [1.165, 1.54) is 41.1 Å². The van der Waals surface area contributed by atoms with Crippen LogP contribution in [0.15, 0.2) is 64.4 Å². The summed E-state index contributed by atoms with van der Waals surface area (Å²) in [4.78, 5) is 22.5. The summed E-state index contributed by atoms with van der Waals surface area (Å²) in [5, 5.41) is 0.243. The van der Waals surface area contributed by atoms with Crippen LogP contribution in [0.3, 0.4) is 0 Å². The molecule has 11 heteroatoms. The highest BCUT2D eigenvalue weighted by Gasteiger charge is 2.32. The molecule has 0 unspecified atom stereocenters. The van der Waals surface area contributed by atoms with E-state index >= 15 is 0 Å². The maximum absolute atomic E-state index is 12.3. The lowest BCUT2D eigenvalue weighted by Gasteiger charge is -2.16. The van der Waals surface area contributed by atoms with E-state index in [0.29, 0.717) is 0 Å². The van der Waals surface area contributed by atoms with Crippen LogP contribution >= 0.6 is 11.6 Å². The van der Waals surface area contributed by atoms with Crippen molar-refractivity contribution in [3.05, 3.63) is 59.6 Å². The first kappa shape index (κ1) is 18.9. The molecule has 0 spiro atoms. The molecule has 8 nitrogen and oxygen atoms in total. The van der Waals surface area contributed by atoms with E-state index in [1.807, 2.05) is 0 Å². The SMILES string of the molecule is O=CN(C(=O)NS(=O)(=O)c1ccccc1)S(=O)(=O)c1ccc(Cl)cc1. The van der Waals surface area contributed by atoms with Crippen LogP contribution in [-0.4, -0.2) is 33.6 Å². The lowest BCUT2D eigenvalue weighted by molar-refractivity contribution is -0.112. The van der Waals surface area contributed by atoms with Crippen molar-refractivity contribution in [2.75, 3.05) is 0 Å². The third-order valence-corrected chi connectivity index (χ3v) is 6.17. The van der Waals surface area contributed by atoms with Gasteiger partial charge in [0.15, 0.2) is 0 Å². The molecule has 25 heavy (non-hydrogen) atoms. The van der Waals surface area contributed by atoms with E-state index in [2.05, 4.69) is 0 Å². The summed E-state index contributed by atoms with van der Waals surface area (Å²) >= 11 is 5.66. The molecular formula is C14H11ClN2O6S2. The first-order chi connectivity index (χ1) is 11.7. The second kappa shape index (κ2) is 7.21. The standard InChI is InChI=1S/C14H11ClN2O6S2/c15-11-6-8-13(9-7-11)25(22,23)17(10-18)14(19)16-24(20,21)12-4-2-1-3-5-12/h1-10H,(H,16,19). The minimum Gasteiger partial charge on any atom is -0.277 e. The van der Waals surface area contributed by atoms with Gasteiger partial charge >= 0.3 is 6.03 Å². The molecule has 1 N–H and O–H groups in total. The molecule has 0 aliphatic heterocycles. The van der Waals surface area contributed by atoms with Gasteiger partial charge in [-0.3, -0.25) is 4.79 Å². The van der Waals surface area contributed by atoms with E-state index in [0.717, 1.165) is 12.1 Å². The molecule has 2 aromatic rings. The number of nitrogens with one attached hydrogen (secondary N) is 1. The van der Waals surface area contributed by atoms with Crippen LogP contribution in [0.25, 0.3) is 0 Å². The zero-order valence-corrected chi connectivity index (χ0v) is 14.8. The molecule has 0 radical (unpaired) electrons. The molecule has 0 aliphatic rings. The number of halogens is 1. The fourth-order valence-corrected chi connectivity index (χ4v) is 3.98. The highest BCUT2D eigenvalue weighted by Crippen LogP contribution is 2.18. The van der Waals surface area contributed by atoms with E-state index in [4.69, 9.17) is 11.6 Å². The van der Waals surface area contributed by atoms with Crippen molar-refractivity contribution in [1.29, 1.82) is 0 Å². The molecule has 3 amide bonds. The number of nitrogens with zero attached hydrogens (tertiary/aromatic N) is 1. The Labute approximate surface area is 149 Å². The Kier molecular flexibility index (Phi) is 5.45. The number of carbonyl (C=O) groups excluding carboxylic acids is 2. The fraction of sp³-hybridized carbons (Fsp3) is 0. The smallest absolute Gasteiger partial charge is 0.277 e. The minimum atomic E-state index is -4.59. The zero-order valence-electron chi connectivity index (χ0n) is 12.4. The third kappa shape index (κ3) is 4.16. The van der Waals surface area contributed by atoms with Crippen molar-refractivity contribution < 1.29 is 26.4 Å². The molecule has 2 aromatic carbocycles. The molecule has 0 saturated heterocycles. The minimum absolute atomic E-state index is 0.239. The van der Waals surface area contributed by atoms with Crippen LogP contribution < -0.4 is 4.72 Å². The molecule has 0 aliphatic carbocycles. The molecular weight excluding hydrogens is 392 g/mol. The molecule has 0 heterocycles. The van der Waals surface area contributed by atoms with Crippen molar-refractivity contribution in [3.63, 3.8) is 0 Å². The zero-order chi connectivity index (χ0) is 18.7. The largest absolute Gasteiger partial charge is 0.352 e. The lowest BCUT2D eigenvalue weighted by Crippen LogP contribution is -2.45. The number of benzene rings is 2. The van der Waals surface area contributed by atoms with Crippen LogP contribution in [0.2, 0.25) is 5.02 Å². The highest BCUT2D eigenvalue weighted by molar-refractivity contribution is 7.91. The van der Waals surface area contributed by atoms with Gasteiger partial charge in [-0.25, -0.2) is 26.4 Å². The first-order valence-corrected chi connectivity index (χ1v) is 9.86. The summed E-state index contributed by atoms with van der Waals surface area (Å²) in [5.74, 6) is 0. The van der Waals surface area contributed by atoms with E-state index in [1.54, 1.807) is 6.07 Å². The normalized spacial score (nSPS) is 11.6. The van der Waals surface area contributed by atoms with Gasteiger partial charge in [-0.2, -0.15) is 4.31 Å². The van der Waals surface area contributed by atoms with Gasteiger partial charge in [0.1, 0.15) is 0 Å². The van der Waals surface area contributed by atoms with Crippen LogP contribution in [-0.2, 0) is 24.8 Å². The maximum Gasteiger partial charge on any atom is 0.352 e. The quantitative estimate of drug-likeness (QED) is 0.758. The lowest BCUT2D eigenvalue weighted by atomic mass is 10.4. The monoisotopic (exact) mass is 402 g/mol. The molecule has 0 aromatic heterocycles. The predicted molar refractivity (Wildman–Crippen MR) is 88.7 cm³/mol. The van der Waals surface area contributed by atoms with E-state index in [9.17, 15) is 26.4 Å². The molecule has 132 valence electrons. The molecule has 0 fully saturated rings. The van der Waals surface area contributed by atoms with Crippen molar-refractivity contribution in [2.24, 2.45) is 0 Å². The second-order valence-electron chi connectivity index (χ2n) is 4.58. The van der Waals surface area contributed by atoms with Crippen LogP contribution in [0, 0.1) is 0 Å². The number of carbonyl (C=O) groups is 2. The predicted octanol–water partition coefficient (Wildman–Crippen LogP) is 1.59. The van der Waals surface area contributed by atoms with Gasteiger partial charge in [-0.1, -0.05) is 29.8 Å². The number of imide groups is 1. The van der Waals surface area contributed by atoms with Gasteiger partial charge in [0.2, 0.25) is 6.41 Å². The summed E-state index contributed by atoms with van der Waals surface area (Å²) in [6, 6.07) is 9.81. The Morgan fingerprint density at radius 2 is 1.48 bits per heavy atom. The number of hydrogen-bond donors (Lipinski definition) is 1. The Balaban J connectivity index is 2.33. The Morgan fingerprint density at radius 3 is 2.00 bits per heavy atom. The second-order valence-corrected chi connectivity index (χ2v) is 8.52. The average Bonchev–Trinajstić information content (AvgIpc) is 2.56. The third-order valence-electron chi connectivity index (χ3n) is 2.94. The number of rotatable bonds is 5. The van der Waals surface area contributed by atoms with Crippen molar-refractivity contribution >= 4 is 44.1 Å². The van der Waals surface area contributed by atoms with Crippen molar-refractivity contribution in [2.45, 2.75) is 9.79 Å². The Bertz CT molecular complexity index is 989. The van der Waals surface area contributed by atoms with E-state index < -0.39 is 31.0 Å². The van der Waals surface area contributed by atoms with E-state index in [-0.39, 0.29) is 20.6 Å². The first-order valence-electron chi connectivity index (χ1n) is 6.55. The van der Waals surface area contributed by atoms with Crippen molar-refractivity contribution in [3.8, 4) is 0 Å². The summed E-state index contributed by atoms with van der Waals surface area (Å²) < 4.78 is 50.1. The Morgan fingerprint density at radius 1 is 0.920 bits per heavy atom. The number of urea groups is 1. The molecule has 2 rings (SSSR count). The summed E-state index contributed by atoms with van der Waals surface area (Å²) in [5.41, 5.74) is 0. The Hall–Kier alpha value is -2.43. The summed E-state index contributed by atoms with van der Waals surface area (Å²) in [6.45, 7) is 0. The number of hydrogen-bond acceptors (Lipinski definition) is 6. The van der Waals surface area contributed by atoms with Gasteiger partial charge in [0.05, 0.1) is 9.79 Å². The van der Waals surface area contributed by atoms with Crippen LogP contribution in [0.4, 0.5) is 4.79 Å². The van der Waals surface area contributed by atoms with Crippen molar-refractivity contribution in [1.82, 2.24) is 9.03 Å². The van der Waals surface area contributed by atoms with Gasteiger partial charge in [-0.05, 0) is 36.4 Å². The van der Waals surface area contributed by atoms with Crippen LogP contribution in [0.5, 0.6) is 0 Å². The average molecular weight is 403 g/mol. The number of sulfonamides is 2. The van der Waals surface area contributed by atoms with Gasteiger partial charge in [-0.15, -0.1) is 0 Å². The fourth-order valence-electron chi connectivity index (χ4n) is 1.75. The van der Waals surface area contributed by atoms with Gasteiger partial charge in [0.25, 0.3) is 20.0 Å². The maximum atomic E-state index is 12.3. The molecule has 0 atom stereocenters. The van der Waals surface area contributed by atoms with Gasteiger partial charge in [0, 0.05) is 5.02 Å². The summed E-state index contributed by atoms with van der Waals surface area (Å²) in [7, 11) is -8.94. The molecule has 0 bridgehead atoms. The highest BCUT2D eigenvalue weighted by atomic mass is 35.5. The summed E-state index contributed by atoms with van der Waals surface area (Å²) in [6.07, 6.45) is -0.292.